The Morgan fingerprint density at radius 2 is 1.65 bits per heavy atom. The molecule has 2 aromatic rings. The number of carbonyl (C=O) groups is 3. The van der Waals surface area contributed by atoms with Gasteiger partial charge in [-0.15, -0.1) is 6.58 Å². The van der Waals surface area contributed by atoms with E-state index in [9.17, 15) is 14.4 Å². The maximum absolute atomic E-state index is 12.8. The van der Waals surface area contributed by atoms with Gasteiger partial charge in [0.2, 0.25) is 0 Å². The van der Waals surface area contributed by atoms with Crippen molar-refractivity contribution in [1.82, 2.24) is 5.32 Å². The number of rotatable bonds is 7. The van der Waals surface area contributed by atoms with E-state index in [0.717, 1.165) is 0 Å². The van der Waals surface area contributed by atoms with Gasteiger partial charge in [-0.25, -0.2) is 4.79 Å². The van der Waals surface area contributed by atoms with Gasteiger partial charge in [0.25, 0.3) is 11.8 Å². The second kappa shape index (κ2) is 9.17. The monoisotopic (exact) mass is 352 g/mol. The predicted octanol–water partition coefficient (Wildman–Crippen LogP) is 2.42. The minimum absolute atomic E-state index is 0.108. The van der Waals surface area contributed by atoms with Gasteiger partial charge in [0.05, 0.1) is 11.1 Å². The molecule has 0 atom stereocenters. The molecule has 0 aliphatic carbocycles. The molecule has 0 aliphatic heterocycles. The van der Waals surface area contributed by atoms with Gasteiger partial charge in [-0.1, -0.05) is 36.4 Å². The maximum atomic E-state index is 12.8. The zero-order valence-electron chi connectivity index (χ0n) is 14.5. The van der Waals surface area contributed by atoms with E-state index in [4.69, 9.17) is 4.74 Å². The number of benzene rings is 2. The molecule has 0 fully saturated rings. The van der Waals surface area contributed by atoms with Crippen molar-refractivity contribution in [2.75, 3.05) is 25.1 Å². The maximum Gasteiger partial charge on any atom is 0.339 e. The zero-order valence-corrected chi connectivity index (χ0v) is 14.5. The highest BCUT2D eigenvalue weighted by molar-refractivity contribution is 6.12. The van der Waals surface area contributed by atoms with Crippen molar-refractivity contribution in [3.63, 3.8) is 0 Å². The molecule has 1 N–H and O–H groups in total. The fourth-order valence-corrected chi connectivity index (χ4v) is 2.24. The van der Waals surface area contributed by atoms with E-state index < -0.39 is 18.5 Å². The van der Waals surface area contributed by atoms with E-state index in [0.29, 0.717) is 5.69 Å². The van der Waals surface area contributed by atoms with Crippen molar-refractivity contribution < 1.29 is 19.1 Å². The fraction of sp³-hybridized carbons (Fsp3) is 0.150. The Morgan fingerprint density at radius 3 is 2.31 bits per heavy atom. The molecule has 0 heterocycles. The third-order valence-electron chi connectivity index (χ3n) is 3.60. The van der Waals surface area contributed by atoms with Crippen LogP contribution in [0.3, 0.4) is 0 Å². The summed E-state index contributed by atoms with van der Waals surface area (Å²) in [5.74, 6) is -1.52. The Balaban J connectivity index is 2.14. The molecule has 0 aliphatic rings. The van der Waals surface area contributed by atoms with Crippen LogP contribution in [-0.4, -0.2) is 38.0 Å². The van der Waals surface area contributed by atoms with Crippen molar-refractivity contribution in [3.8, 4) is 0 Å². The predicted molar refractivity (Wildman–Crippen MR) is 99.1 cm³/mol. The Hall–Kier alpha value is -3.41. The lowest BCUT2D eigenvalue weighted by molar-refractivity contribution is -0.124. The van der Waals surface area contributed by atoms with Crippen LogP contribution in [0.2, 0.25) is 0 Å². The summed E-state index contributed by atoms with van der Waals surface area (Å²) in [5, 5.41) is 2.51. The quantitative estimate of drug-likeness (QED) is 0.613. The second-order valence-electron chi connectivity index (χ2n) is 5.41. The molecule has 0 saturated carbocycles. The molecule has 2 amide bonds. The van der Waals surface area contributed by atoms with Crippen LogP contribution in [0.1, 0.15) is 20.7 Å². The molecule has 6 nitrogen and oxygen atoms in total. The molecule has 134 valence electrons. The largest absolute Gasteiger partial charge is 0.452 e. The Morgan fingerprint density at radius 1 is 1.04 bits per heavy atom. The van der Waals surface area contributed by atoms with E-state index in [1.165, 1.54) is 17.0 Å². The van der Waals surface area contributed by atoms with Gasteiger partial charge in [-0.05, 0) is 24.3 Å². The smallest absolute Gasteiger partial charge is 0.339 e. The van der Waals surface area contributed by atoms with E-state index in [1.54, 1.807) is 37.4 Å². The molecule has 26 heavy (non-hydrogen) atoms. The number of nitrogens with one attached hydrogen (secondary N) is 1. The lowest BCUT2D eigenvalue weighted by atomic mass is 10.1. The molecule has 0 aromatic heterocycles. The highest BCUT2D eigenvalue weighted by atomic mass is 16.5. The average molecular weight is 352 g/mol. The summed E-state index contributed by atoms with van der Waals surface area (Å²) >= 11 is 0. The summed E-state index contributed by atoms with van der Waals surface area (Å²) in [5.41, 5.74) is 1.01. The molecule has 2 rings (SSSR count). The Labute approximate surface area is 152 Å². The molecule has 0 unspecified atom stereocenters. The highest BCUT2D eigenvalue weighted by Crippen LogP contribution is 2.18. The van der Waals surface area contributed by atoms with Crippen molar-refractivity contribution in [2.45, 2.75) is 0 Å². The topological polar surface area (TPSA) is 75.7 Å². The van der Waals surface area contributed by atoms with Crippen molar-refractivity contribution in [3.05, 3.63) is 78.4 Å². The highest BCUT2D eigenvalue weighted by Gasteiger charge is 2.21. The van der Waals surface area contributed by atoms with Crippen LogP contribution in [0.5, 0.6) is 0 Å². The van der Waals surface area contributed by atoms with Crippen LogP contribution in [0.4, 0.5) is 5.69 Å². The van der Waals surface area contributed by atoms with Crippen molar-refractivity contribution in [1.29, 1.82) is 0 Å². The first-order valence-electron chi connectivity index (χ1n) is 8.01. The summed E-state index contributed by atoms with van der Waals surface area (Å²) in [6.45, 7) is 3.34. The van der Waals surface area contributed by atoms with Crippen LogP contribution in [0, 0.1) is 0 Å². The number of esters is 1. The number of ether oxygens (including phenoxy) is 1. The summed E-state index contributed by atoms with van der Waals surface area (Å²) in [6, 6.07) is 15.4. The standard InChI is InChI=1S/C20H20N2O4/c1-3-13-21-18(23)14-26-20(25)17-12-8-7-11-16(17)19(24)22(2)15-9-5-4-6-10-15/h3-12H,1,13-14H2,2H3,(H,21,23). The van der Waals surface area contributed by atoms with Gasteiger partial charge < -0.3 is 15.0 Å². The van der Waals surface area contributed by atoms with Gasteiger partial charge in [0.15, 0.2) is 6.61 Å². The van der Waals surface area contributed by atoms with Gasteiger partial charge >= 0.3 is 5.97 Å². The number of hydrogen-bond acceptors (Lipinski definition) is 4. The number of anilines is 1. The number of hydrogen-bond donors (Lipinski definition) is 1. The number of amides is 2. The van der Waals surface area contributed by atoms with Crippen LogP contribution < -0.4 is 10.2 Å². The van der Waals surface area contributed by atoms with Crippen molar-refractivity contribution >= 4 is 23.5 Å². The lowest BCUT2D eigenvalue weighted by Gasteiger charge is -2.18. The first kappa shape index (κ1) is 18.9. The third-order valence-corrected chi connectivity index (χ3v) is 3.60. The van der Waals surface area contributed by atoms with Gasteiger partial charge in [-0.3, -0.25) is 9.59 Å². The molecular formula is C20H20N2O4. The van der Waals surface area contributed by atoms with Gasteiger partial charge in [-0.2, -0.15) is 0 Å². The first-order valence-corrected chi connectivity index (χ1v) is 8.01. The fourth-order valence-electron chi connectivity index (χ4n) is 2.24. The third kappa shape index (κ3) is 4.80. The molecule has 0 radical (unpaired) electrons. The molecule has 0 spiro atoms. The summed E-state index contributed by atoms with van der Waals surface area (Å²) in [7, 11) is 1.63. The van der Waals surface area contributed by atoms with Crippen molar-refractivity contribution in [2.24, 2.45) is 0 Å². The number of carbonyl (C=O) groups excluding carboxylic acids is 3. The minimum Gasteiger partial charge on any atom is -0.452 e. The normalized spacial score (nSPS) is 9.88. The average Bonchev–Trinajstić information content (AvgIpc) is 2.69. The summed E-state index contributed by atoms with van der Waals surface area (Å²) < 4.78 is 5.01. The summed E-state index contributed by atoms with van der Waals surface area (Å²) in [4.78, 5) is 38.1. The molecule has 2 aromatic carbocycles. The number of nitrogens with zero attached hydrogens (tertiary/aromatic N) is 1. The first-order chi connectivity index (χ1) is 12.5. The van der Waals surface area contributed by atoms with E-state index in [1.807, 2.05) is 18.2 Å². The van der Waals surface area contributed by atoms with E-state index in [2.05, 4.69) is 11.9 Å². The van der Waals surface area contributed by atoms with Crippen LogP contribution in [0.15, 0.2) is 67.3 Å². The van der Waals surface area contributed by atoms with Crippen LogP contribution >= 0.6 is 0 Å². The van der Waals surface area contributed by atoms with Gasteiger partial charge in [0, 0.05) is 19.3 Å². The molecule has 0 bridgehead atoms. The minimum atomic E-state index is -0.732. The van der Waals surface area contributed by atoms with Crippen LogP contribution in [0.25, 0.3) is 0 Å². The lowest BCUT2D eigenvalue weighted by Crippen LogP contribution is -2.30. The van der Waals surface area contributed by atoms with Crippen LogP contribution in [-0.2, 0) is 9.53 Å². The molecule has 6 heteroatoms. The second-order valence-corrected chi connectivity index (χ2v) is 5.41. The van der Waals surface area contributed by atoms with E-state index >= 15 is 0 Å². The SMILES string of the molecule is C=CCNC(=O)COC(=O)c1ccccc1C(=O)N(C)c1ccccc1. The van der Waals surface area contributed by atoms with E-state index in [-0.39, 0.29) is 23.6 Å². The molecule has 0 saturated heterocycles. The Bertz CT molecular complexity index is 802. The number of para-hydroxylation sites is 1. The summed E-state index contributed by atoms with van der Waals surface area (Å²) in [6.07, 6.45) is 1.52. The zero-order chi connectivity index (χ0) is 18.9. The Kier molecular flexibility index (Phi) is 6.68. The molecular weight excluding hydrogens is 332 g/mol. The van der Waals surface area contributed by atoms with Gasteiger partial charge in [0.1, 0.15) is 0 Å².